The van der Waals surface area contributed by atoms with Gasteiger partial charge in [0.15, 0.2) is 0 Å². The van der Waals surface area contributed by atoms with E-state index in [2.05, 4.69) is 78.9 Å². The summed E-state index contributed by atoms with van der Waals surface area (Å²) in [6, 6.07) is 30.8. The summed E-state index contributed by atoms with van der Waals surface area (Å²) in [6.45, 7) is 0. The van der Waals surface area contributed by atoms with E-state index in [-0.39, 0.29) is 0 Å². The van der Waals surface area contributed by atoms with Crippen molar-refractivity contribution >= 4 is 21.5 Å². The quantitative estimate of drug-likeness (QED) is 0.395. The van der Waals surface area contributed by atoms with E-state index < -0.39 is 0 Å². The Morgan fingerprint density at radius 1 is 0.650 bits per heavy atom. The van der Waals surface area contributed by atoms with Crippen molar-refractivity contribution < 1.29 is 0 Å². The van der Waals surface area contributed by atoms with Crippen molar-refractivity contribution in [3.63, 3.8) is 0 Å². The van der Waals surface area contributed by atoms with E-state index in [4.69, 9.17) is 0 Å². The van der Waals surface area contributed by atoms with Crippen molar-refractivity contribution in [3.05, 3.63) is 84.9 Å². The molecule has 0 nitrogen and oxygen atoms in total. The minimum absolute atomic E-state index is 1.24. The summed E-state index contributed by atoms with van der Waals surface area (Å²) in [6.07, 6.45) is 0. The number of hydrogen-bond acceptors (Lipinski definition) is 0. The lowest BCUT2D eigenvalue weighted by Gasteiger charge is -2.10. The molecule has 0 heteroatoms. The molecular weight excluding hydrogens is 240 g/mol. The molecule has 0 fully saturated rings. The van der Waals surface area contributed by atoms with Crippen LogP contribution in [0, 0.1) is 6.07 Å². The molecule has 0 bridgehead atoms. The highest BCUT2D eigenvalue weighted by Gasteiger charge is 2.06. The van der Waals surface area contributed by atoms with Crippen LogP contribution < -0.4 is 0 Å². The van der Waals surface area contributed by atoms with Gasteiger partial charge in [-0.25, -0.2) is 0 Å². The predicted molar refractivity (Wildman–Crippen MR) is 85.7 cm³/mol. The number of rotatable bonds is 1. The van der Waals surface area contributed by atoms with Crippen molar-refractivity contribution in [2.45, 2.75) is 0 Å². The lowest BCUT2D eigenvalue weighted by atomic mass is 9.94. The van der Waals surface area contributed by atoms with Crippen molar-refractivity contribution in [1.29, 1.82) is 0 Å². The van der Waals surface area contributed by atoms with Gasteiger partial charge in [0, 0.05) is 0 Å². The van der Waals surface area contributed by atoms with Gasteiger partial charge in [-0.15, -0.1) is 0 Å². The van der Waals surface area contributed by atoms with Crippen LogP contribution in [0.3, 0.4) is 0 Å². The zero-order valence-corrected chi connectivity index (χ0v) is 11.0. The van der Waals surface area contributed by atoms with Crippen LogP contribution in [0.5, 0.6) is 0 Å². The van der Waals surface area contributed by atoms with Gasteiger partial charge >= 0.3 is 0 Å². The van der Waals surface area contributed by atoms with Crippen LogP contribution in [-0.2, 0) is 0 Å². The monoisotopic (exact) mass is 253 g/mol. The largest absolute Gasteiger partial charge is 0.0622 e. The standard InChI is InChI=1S/C20H13/c1-2-7-15(8-3-1)19-12-6-10-17-14-13-16-9-4-5-11-18(16)20(17)19/h1-3,5-14H. The van der Waals surface area contributed by atoms with Gasteiger partial charge in [0.1, 0.15) is 0 Å². The Morgan fingerprint density at radius 3 is 2.40 bits per heavy atom. The average Bonchev–Trinajstić information content (AvgIpc) is 2.55. The third-order valence-electron chi connectivity index (χ3n) is 3.79. The molecule has 0 heterocycles. The molecule has 0 aliphatic carbocycles. The summed E-state index contributed by atoms with van der Waals surface area (Å²) in [5.41, 5.74) is 2.55. The van der Waals surface area contributed by atoms with Gasteiger partial charge in [0.25, 0.3) is 0 Å². The SMILES string of the molecule is [c]1ccc2c(c1)ccc1cccc(-c3ccccc3)c12. The highest BCUT2D eigenvalue weighted by atomic mass is 14.1. The van der Waals surface area contributed by atoms with E-state index >= 15 is 0 Å². The van der Waals surface area contributed by atoms with Crippen LogP contribution in [0.4, 0.5) is 0 Å². The van der Waals surface area contributed by atoms with Gasteiger partial charge < -0.3 is 0 Å². The zero-order chi connectivity index (χ0) is 13.4. The van der Waals surface area contributed by atoms with E-state index in [0.29, 0.717) is 0 Å². The minimum Gasteiger partial charge on any atom is -0.0622 e. The second kappa shape index (κ2) is 4.50. The Labute approximate surface area is 118 Å². The van der Waals surface area contributed by atoms with Crippen molar-refractivity contribution in [1.82, 2.24) is 0 Å². The molecule has 1 radical (unpaired) electrons. The van der Waals surface area contributed by atoms with E-state index in [9.17, 15) is 0 Å². The lowest BCUT2D eigenvalue weighted by molar-refractivity contribution is 1.66. The molecule has 4 aromatic rings. The topological polar surface area (TPSA) is 0 Å². The number of hydrogen-bond donors (Lipinski definition) is 0. The van der Waals surface area contributed by atoms with Crippen LogP contribution in [0.1, 0.15) is 0 Å². The van der Waals surface area contributed by atoms with Gasteiger partial charge in [0.2, 0.25) is 0 Å². The molecule has 0 saturated carbocycles. The molecule has 0 spiro atoms. The first-order valence-electron chi connectivity index (χ1n) is 6.80. The molecule has 0 saturated heterocycles. The fourth-order valence-corrected chi connectivity index (χ4v) is 2.86. The van der Waals surface area contributed by atoms with E-state index in [1.165, 1.54) is 32.7 Å². The smallest absolute Gasteiger partial charge is 0.00268 e. The van der Waals surface area contributed by atoms with Gasteiger partial charge in [-0.3, -0.25) is 0 Å². The minimum atomic E-state index is 1.24. The summed E-state index contributed by atoms with van der Waals surface area (Å²) < 4.78 is 0. The zero-order valence-electron chi connectivity index (χ0n) is 11.0. The van der Waals surface area contributed by atoms with Crippen molar-refractivity contribution in [2.24, 2.45) is 0 Å². The van der Waals surface area contributed by atoms with Crippen LogP contribution in [0.15, 0.2) is 78.9 Å². The fourth-order valence-electron chi connectivity index (χ4n) is 2.86. The van der Waals surface area contributed by atoms with Crippen LogP contribution in [-0.4, -0.2) is 0 Å². The van der Waals surface area contributed by atoms with E-state index in [1.807, 2.05) is 6.07 Å². The highest BCUT2D eigenvalue weighted by Crippen LogP contribution is 2.33. The van der Waals surface area contributed by atoms with Crippen molar-refractivity contribution in [3.8, 4) is 11.1 Å². The van der Waals surface area contributed by atoms with Gasteiger partial charge in [0.05, 0.1) is 0 Å². The van der Waals surface area contributed by atoms with Crippen LogP contribution >= 0.6 is 0 Å². The fraction of sp³-hybridized carbons (Fsp3) is 0. The maximum absolute atomic E-state index is 3.16. The third kappa shape index (κ3) is 1.70. The average molecular weight is 253 g/mol. The molecule has 0 atom stereocenters. The second-order valence-corrected chi connectivity index (χ2v) is 4.98. The Bertz CT molecular complexity index is 889. The second-order valence-electron chi connectivity index (χ2n) is 4.98. The summed E-state index contributed by atoms with van der Waals surface area (Å²) in [4.78, 5) is 0. The summed E-state index contributed by atoms with van der Waals surface area (Å²) in [5, 5.41) is 5.14. The molecule has 4 rings (SSSR count). The molecule has 0 unspecified atom stereocenters. The predicted octanol–water partition coefficient (Wildman–Crippen LogP) is 5.46. The van der Waals surface area contributed by atoms with Gasteiger partial charge in [-0.05, 0) is 44.8 Å². The first-order valence-corrected chi connectivity index (χ1v) is 6.80. The molecule has 0 aliphatic heterocycles. The Hall–Kier alpha value is -2.60. The summed E-state index contributed by atoms with van der Waals surface area (Å²) >= 11 is 0. The number of benzene rings is 4. The van der Waals surface area contributed by atoms with Gasteiger partial charge in [-0.1, -0.05) is 72.8 Å². The first-order chi connectivity index (χ1) is 9.93. The molecule has 0 N–H and O–H groups in total. The van der Waals surface area contributed by atoms with Gasteiger partial charge in [-0.2, -0.15) is 0 Å². The third-order valence-corrected chi connectivity index (χ3v) is 3.79. The lowest BCUT2D eigenvalue weighted by Crippen LogP contribution is -1.83. The maximum Gasteiger partial charge on any atom is -0.00268 e. The number of fused-ring (bicyclic) bond motifs is 3. The Balaban J connectivity index is 2.19. The van der Waals surface area contributed by atoms with E-state index in [0.717, 1.165) is 0 Å². The molecule has 20 heavy (non-hydrogen) atoms. The normalized spacial score (nSPS) is 11.0. The summed E-state index contributed by atoms with van der Waals surface area (Å²) in [5.74, 6) is 0. The molecule has 4 aromatic carbocycles. The maximum atomic E-state index is 3.16. The molecule has 0 aromatic heterocycles. The summed E-state index contributed by atoms with van der Waals surface area (Å²) in [7, 11) is 0. The van der Waals surface area contributed by atoms with Crippen LogP contribution in [0.2, 0.25) is 0 Å². The Kier molecular flexibility index (Phi) is 2.53. The molecule has 93 valence electrons. The molecule has 0 aliphatic rings. The van der Waals surface area contributed by atoms with Crippen molar-refractivity contribution in [2.75, 3.05) is 0 Å². The van der Waals surface area contributed by atoms with Crippen LogP contribution in [0.25, 0.3) is 32.7 Å². The molecular formula is C20H13. The molecule has 0 amide bonds. The highest BCUT2D eigenvalue weighted by molar-refractivity contribution is 6.14. The Morgan fingerprint density at radius 2 is 1.50 bits per heavy atom. The first kappa shape index (κ1) is 11.2. The van der Waals surface area contributed by atoms with E-state index in [1.54, 1.807) is 0 Å².